The molecular formula is C16H10ClF3O. The summed E-state index contributed by atoms with van der Waals surface area (Å²) < 4.78 is 37.9. The lowest BCUT2D eigenvalue weighted by Gasteiger charge is -2.08. The summed E-state index contributed by atoms with van der Waals surface area (Å²) in [5, 5.41) is -0.00860. The molecule has 0 aromatic heterocycles. The zero-order chi connectivity index (χ0) is 15.5. The van der Waals surface area contributed by atoms with E-state index < -0.39 is 17.5 Å². The molecule has 0 radical (unpaired) electrons. The van der Waals surface area contributed by atoms with Gasteiger partial charge in [-0.15, -0.1) is 0 Å². The van der Waals surface area contributed by atoms with Crippen molar-refractivity contribution < 1.29 is 18.0 Å². The highest BCUT2D eigenvalue weighted by molar-refractivity contribution is 6.34. The van der Waals surface area contributed by atoms with Gasteiger partial charge in [0.25, 0.3) is 0 Å². The first kappa shape index (κ1) is 15.3. The molecule has 21 heavy (non-hydrogen) atoms. The average Bonchev–Trinajstić information content (AvgIpc) is 2.45. The van der Waals surface area contributed by atoms with E-state index in [0.717, 1.165) is 23.8 Å². The zero-order valence-corrected chi connectivity index (χ0v) is 11.4. The first-order chi connectivity index (χ1) is 9.88. The van der Waals surface area contributed by atoms with Crippen LogP contribution in [0.2, 0.25) is 5.02 Å². The van der Waals surface area contributed by atoms with Gasteiger partial charge in [0.2, 0.25) is 0 Å². The standard InChI is InChI=1S/C16H10ClF3O/c17-14-8-7-12(16(18,19)20)10-13(14)15(21)9-6-11-4-2-1-3-5-11/h1-10H/b9-6+. The second-order valence-corrected chi connectivity index (χ2v) is 4.71. The van der Waals surface area contributed by atoms with Crippen LogP contribution >= 0.6 is 11.6 Å². The molecular weight excluding hydrogens is 301 g/mol. The van der Waals surface area contributed by atoms with Crippen LogP contribution in [0.3, 0.4) is 0 Å². The minimum absolute atomic E-state index is 0.00860. The third-order valence-corrected chi connectivity index (χ3v) is 3.12. The normalized spacial score (nSPS) is 11.8. The summed E-state index contributed by atoms with van der Waals surface area (Å²) in [5.41, 5.74) is -0.295. The average molecular weight is 311 g/mol. The van der Waals surface area contributed by atoms with Crippen molar-refractivity contribution in [2.45, 2.75) is 6.18 Å². The van der Waals surface area contributed by atoms with Gasteiger partial charge in [0.15, 0.2) is 5.78 Å². The lowest BCUT2D eigenvalue weighted by Crippen LogP contribution is -2.07. The number of halogens is 4. The van der Waals surface area contributed by atoms with Gasteiger partial charge < -0.3 is 0 Å². The van der Waals surface area contributed by atoms with Crippen molar-refractivity contribution in [2.75, 3.05) is 0 Å². The zero-order valence-electron chi connectivity index (χ0n) is 10.7. The van der Waals surface area contributed by atoms with Crippen molar-refractivity contribution in [3.8, 4) is 0 Å². The van der Waals surface area contributed by atoms with Gasteiger partial charge >= 0.3 is 6.18 Å². The molecule has 108 valence electrons. The van der Waals surface area contributed by atoms with E-state index in [9.17, 15) is 18.0 Å². The summed E-state index contributed by atoms with van der Waals surface area (Å²) in [5.74, 6) is -0.574. The number of ketones is 1. The summed E-state index contributed by atoms with van der Waals surface area (Å²) in [7, 11) is 0. The van der Waals surface area contributed by atoms with E-state index in [4.69, 9.17) is 11.6 Å². The van der Waals surface area contributed by atoms with Crippen LogP contribution in [0.4, 0.5) is 13.2 Å². The van der Waals surface area contributed by atoms with Gasteiger partial charge in [-0.2, -0.15) is 13.2 Å². The molecule has 0 aliphatic heterocycles. The Labute approximate surface area is 124 Å². The van der Waals surface area contributed by atoms with Crippen molar-refractivity contribution in [2.24, 2.45) is 0 Å². The number of hydrogen-bond acceptors (Lipinski definition) is 1. The summed E-state index contributed by atoms with van der Waals surface area (Å²) >= 11 is 5.80. The maximum Gasteiger partial charge on any atom is 0.416 e. The van der Waals surface area contributed by atoms with Gasteiger partial charge in [-0.3, -0.25) is 4.79 Å². The largest absolute Gasteiger partial charge is 0.416 e. The number of allylic oxidation sites excluding steroid dienone is 1. The lowest BCUT2D eigenvalue weighted by atomic mass is 10.1. The van der Waals surface area contributed by atoms with Crippen molar-refractivity contribution in [3.63, 3.8) is 0 Å². The van der Waals surface area contributed by atoms with Gasteiger partial charge in [-0.05, 0) is 29.8 Å². The summed E-state index contributed by atoms with van der Waals surface area (Å²) in [6.45, 7) is 0. The molecule has 0 aliphatic rings. The molecule has 0 unspecified atom stereocenters. The Hall–Kier alpha value is -2.07. The number of benzene rings is 2. The maximum atomic E-state index is 12.6. The van der Waals surface area contributed by atoms with Crippen molar-refractivity contribution >= 4 is 23.5 Å². The number of hydrogen-bond donors (Lipinski definition) is 0. The topological polar surface area (TPSA) is 17.1 Å². The van der Waals surface area contributed by atoms with E-state index in [1.54, 1.807) is 24.3 Å². The predicted molar refractivity (Wildman–Crippen MR) is 76.3 cm³/mol. The van der Waals surface area contributed by atoms with E-state index in [0.29, 0.717) is 0 Å². The van der Waals surface area contributed by atoms with E-state index >= 15 is 0 Å². The molecule has 5 heteroatoms. The maximum absolute atomic E-state index is 12.6. The Morgan fingerprint density at radius 3 is 2.33 bits per heavy atom. The molecule has 0 saturated carbocycles. The van der Waals surface area contributed by atoms with Crippen LogP contribution in [0.25, 0.3) is 6.08 Å². The highest BCUT2D eigenvalue weighted by Crippen LogP contribution is 2.32. The fraction of sp³-hybridized carbons (Fsp3) is 0.0625. The molecule has 2 aromatic rings. The molecule has 1 nitrogen and oxygen atoms in total. The first-order valence-electron chi connectivity index (χ1n) is 6.02. The Bertz CT molecular complexity index is 676. The van der Waals surface area contributed by atoms with Crippen LogP contribution in [0.1, 0.15) is 21.5 Å². The third kappa shape index (κ3) is 3.95. The fourth-order valence-corrected chi connectivity index (χ4v) is 1.93. The Morgan fingerprint density at radius 2 is 1.71 bits per heavy atom. The highest BCUT2D eigenvalue weighted by Gasteiger charge is 2.31. The van der Waals surface area contributed by atoms with Crippen LogP contribution < -0.4 is 0 Å². The molecule has 0 bridgehead atoms. The predicted octanol–water partition coefficient (Wildman–Crippen LogP) is 5.25. The quantitative estimate of drug-likeness (QED) is 0.558. The summed E-state index contributed by atoms with van der Waals surface area (Å²) in [6.07, 6.45) is -1.78. The fourth-order valence-electron chi connectivity index (χ4n) is 1.72. The highest BCUT2D eigenvalue weighted by atomic mass is 35.5. The smallest absolute Gasteiger partial charge is 0.289 e. The van der Waals surface area contributed by atoms with Gasteiger partial charge in [0.1, 0.15) is 0 Å². The molecule has 0 saturated heterocycles. The van der Waals surface area contributed by atoms with Gasteiger partial charge in [0, 0.05) is 5.56 Å². The molecule has 2 rings (SSSR count). The SMILES string of the molecule is O=C(/C=C/c1ccccc1)c1cc(C(F)(F)F)ccc1Cl. The molecule has 0 aliphatic carbocycles. The molecule has 0 heterocycles. The molecule has 2 aromatic carbocycles. The van der Waals surface area contributed by atoms with Gasteiger partial charge in [-0.25, -0.2) is 0 Å². The molecule has 0 atom stereocenters. The third-order valence-electron chi connectivity index (χ3n) is 2.79. The Balaban J connectivity index is 2.29. The van der Waals surface area contributed by atoms with Crippen LogP contribution in [0.15, 0.2) is 54.6 Å². The van der Waals surface area contributed by atoms with Crippen LogP contribution in [0, 0.1) is 0 Å². The number of carbonyl (C=O) groups is 1. The minimum atomic E-state index is -4.51. The second kappa shape index (κ2) is 6.14. The summed E-state index contributed by atoms with van der Waals surface area (Å²) in [6, 6.07) is 11.6. The number of rotatable bonds is 3. The Kier molecular flexibility index (Phi) is 4.48. The number of carbonyl (C=O) groups excluding carboxylic acids is 1. The van der Waals surface area contributed by atoms with Crippen LogP contribution in [0.5, 0.6) is 0 Å². The lowest BCUT2D eigenvalue weighted by molar-refractivity contribution is -0.137. The molecule has 0 N–H and O–H groups in total. The van der Waals surface area contributed by atoms with Crippen LogP contribution in [-0.2, 0) is 6.18 Å². The molecule has 0 amide bonds. The van der Waals surface area contributed by atoms with Crippen molar-refractivity contribution in [3.05, 3.63) is 76.3 Å². The minimum Gasteiger partial charge on any atom is -0.289 e. The summed E-state index contributed by atoms with van der Waals surface area (Å²) in [4.78, 5) is 12.0. The van der Waals surface area contributed by atoms with E-state index in [-0.39, 0.29) is 10.6 Å². The van der Waals surface area contributed by atoms with Gasteiger partial charge in [0.05, 0.1) is 10.6 Å². The van der Waals surface area contributed by atoms with Crippen molar-refractivity contribution in [1.82, 2.24) is 0 Å². The van der Waals surface area contributed by atoms with Crippen LogP contribution in [-0.4, -0.2) is 5.78 Å². The molecule has 0 fully saturated rings. The van der Waals surface area contributed by atoms with Gasteiger partial charge in [-0.1, -0.05) is 48.0 Å². The van der Waals surface area contributed by atoms with E-state index in [2.05, 4.69) is 0 Å². The van der Waals surface area contributed by atoms with E-state index in [1.807, 2.05) is 6.07 Å². The number of alkyl halides is 3. The second-order valence-electron chi connectivity index (χ2n) is 4.30. The Morgan fingerprint density at radius 1 is 1.05 bits per heavy atom. The first-order valence-corrected chi connectivity index (χ1v) is 6.40. The van der Waals surface area contributed by atoms with E-state index in [1.165, 1.54) is 12.2 Å². The molecule has 0 spiro atoms. The van der Waals surface area contributed by atoms with Crippen molar-refractivity contribution in [1.29, 1.82) is 0 Å². The monoisotopic (exact) mass is 310 g/mol.